The number of nitrogens with zero attached hydrogens (tertiary/aromatic N) is 4. The summed E-state index contributed by atoms with van der Waals surface area (Å²) in [6, 6.07) is 18.1. The fourth-order valence-electron chi connectivity index (χ4n) is 5.53. The Labute approximate surface area is 380 Å². The summed E-state index contributed by atoms with van der Waals surface area (Å²) in [7, 11) is 0. The number of Topliss-reactive ketones (excluding diaryl/α,β-unsaturated/α-hetero) is 2. The summed E-state index contributed by atoms with van der Waals surface area (Å²) < 4.78 is 0. The number of carbonyl (C=O) groups excluding carboxylic acids is 6. The molecule has 4 N–H and O–H groups in total. The molecular weight excluding hydrogens is 902 g/mol. The lowest BCUT2D eigenvalue weighted by molar-refractivity contribution is -0.127. The third kappa shape index (κ3) is 11.7. The van der Waals surface area contributed by atoms with Crippen LogP contribution >= 0.6 is 58.0 Å². The summed E-state index contributed by atoms with van der Waals surface area (Å²) in [5.74, 6) is -4.06. The van der Waals surface area contributed by atoms with E-state index in [0.717, 1.165) is 13.8 Å². The van der Waals surface area contributed by atoms with Crippen molar-refractivity contribution in [3.8, 4) is 0 Å². The summed E-state index contributed by atoms with van der Waals surface area (Å²) in [5, 5.41) is 27.7. The minimum Gasteiger partial charge on any atom is -0.323 e. The van der Waals surface area contributed by atoms with Crippen LogP contribution in [-0.2, 0) is 19.2 Å². The molecule has 0 bridgehead atoms. The van der Waals surface area contributed by atoms with Gasteiger partial charge >= 0.3 is 0 Å². The van der Waals surface area contributed by atoms with Gasteiger partial charge in [-0.1, -0.05) is 70.1 Å². The van der Waals surface area contributed by atoms with Gasteiger partial charge < -0.3 is 21.3 Å². The van der Waals surface area contributed by atoms with Crippen molar-refractivity contribution < 1.29 is 28.8 Å². The van der Waals surface area contributed by atoms with Crippen molar-refractivity contribution in [2.45, 2.75) is 46.7 Å². The fourth-order valence-corrected chi connectivity index (χ4v) is 6.40. The molecule has 4 amide bonds. The molecule has 2 atom stereocenters. The molecular formula is C43H35Cl5N8O6. The number of carbonyl (C=O) groups is 6. The number of hydrogen-bond acceptors (Lipinski definition) is 10. The minimum absolute atomic E-state index is 0.0163. The molecule has 0 aliphatic carbocycles. The van der Waals surface area contributed by atoms with Gasteiger partial charge in [-0.2, -0.15) is 20.5 Å². The molecule has 0 radical (unpaired) electrons. The maximum atomic E-state index is 13.4. The lowest BCUT2D eigenvalue weighted by Crippen LogP contribution is -2.32. The Bertz CT molecular complexity index is 2530. The summed E-state index contributed by atoms with van der Waals surface area (Å²) in [6.45, 7) is 7.39. The Morgan fingerprint density at radius 3 is 1.31 bits per heavy atom. The van der Waals surface area contributed by atoms with Gasteiger partial charge in [0.2, 0.25) is 12.1 Å². The zero-order chi connectivity index (χ0) is 45.4. The largest absolute Gasteiger partial charge is 0.323 e. The van der Waals surface area contributed by atoms with Gasteiger partial charge in [0.15, 0.2) is 11.6 Å². The lowest BCUT2D eigenvalue weighted by Gasteiger charge is -2.16. The van der Waals surface area contributed by atoms with Gasteiger partial charge in [-0.15, -0.1) is 0 Å². The molecule has 318 valence electrons. The molecule has 0 aliphatic heterocycles. The van der Waals surface area contributed by atoms with E-state index in [1.54, 1.807) is 57.2 Å². The molecule has 14 nitrogen and oxygen atoms in total. The molecule has 0 heterocycles. The Hall–Kier alpha value is -6.03. The second kappa shape index (κ2) is 20.7. The highest BCUT2D eigenvalue weighted by atomic mass is 35.5. The van der Waals surface area contributed by atoms with Crippen LogP contribution in [-0.4, -0.2) is 47.3 Å². The first kappa shape index (κ1) is 47.0. The van der Waals surface area contributed by atoms with Gasteiger partial charge in [-0.25, -0.2) is 0 Å². The van der Waals surface area contributed by atoms with Crippen molar-refractivity contribution in [1.82, 2.24) is 0 Å². The highest BCUT2D eigenvalue weighted by Gasteiger charge is 2.27. The van der Waals surface area contributed by atoms with Crippen molar-refractivity contribution in [3.05, 3.63) is 138 Å². The predicted molar refractivity (Wildman–Crippen MR) is 243 cm³/mol. The van der Waals surface area contributed by atoms with Crippen LogP contribution in [0.2, 0.25) is 25.1 Å². The minimum atomic E-state index is -1.65. The number of anilines is 4. The molecule has 5 rings (SSSR count). The van der Waals surface area contributed by atoms with E-state index in [9.17, 15) is 28.8 Å². The van der Waals surface area contributed by atoms with Crippen molar-refractivity contribution in [2.24, 2.45) is 20.5 Å². The van der Waals surface area contributed by atoms with E-state index in [0.29, 0.717) is 38.1 Å². The lowest BCUT2D eigenvalue weighted by atomic mass is 10.1. The molecule has 0 fully saturated rings. The quantitative estimate of drug-likeness (QED) is 0.0630. The normalized spacial score (nSPS) is 12.2. The van der Waals surface area contributed by atoms with Crippen LogP contribution in [0.3, 0.4) is 0 Å². The van der Waals surface area contributed by atoms with Gasteiger partial charge in [-0.05, 0) is 124 Å². The summed E-state index contributed by atoms with van der Waals surface area (Å²) in [6.07, 6.45) is 0. The van der Waals surface area contributed by atoms with E-state index in [4.69, 9.17) is 58.0 Å². The van der Waals surface area contributed by atoms with E-state index in [-0.39, 0.29) is 48.9 Å². The first-order chi connectivity index (χ1) is 29.3. The van der Waals surface area contributed by atoms with Crippen LogP contribution in [0.1, 0.15) is 51.3 Å². The zero-order valence-electron chi connectivity index (χ0n) is 33.4. The Kier molecular flexibility index (Phi) is 15.7. The third-order valence-electron chi connectivity index (χ3n) is 9.11. The molecule has 0 aliphatic rings. The van der Waals surface area contributed by atoms with Crippen LogP contribution in [0.4, 0.5) is 34.1 Å². The second-order valence-corrected chi connectivity index (χ2v) is 15.7. The molecule has 0 aromatic heterocycles. The SMILES string of the molecule is CC(=O)C(/N=N/c1cc(C(=O)Nc2cccc(Cl)c2C)ccc1Cl)C(=O)Nc1cc(Cl)c(NC(=O)C(/N=N/c2cc(C(=O)Nc3cccc(Cl)c3C)ccc2Cl)C(C)=O)cc1C. The smallest absolute Gasteiger partial charge is 0.258 e. The van der Waals surface area contributed by atoms with Crippen LogP contribution in [0, 0.1) is 20.8 Å². The highest BCUT2D eigenvalue weighted by Crippen LogP contribution is 2.32. The molecule has 0 saturated carbocycles. The van der Waals surface area contributed by atoms with Gasteiger partial charge in [0.25, 0.3) is 23.6 Å². The average Bonchev–Trinajstić information content (AvgIpc) is 3.21. The molecule has 0 spiro atoms. The first-order valence-corrected chi connectivity index (χ1v) is 20.2. The fraction of sp³-hybridized carbons (Fsp3) is 0.163. The van der Waals surface area contributed by atoms with Crippen LogP contribution < -0.4 is 21.3 Å². The molecule has 62 heavy (non-hydrogen) atoms. The first-order valence-electron chi connectivity index (χ1n) is 18.3. The topological polar surface area (TPSA) is 200 Å². The number of hydrogen-bond donors (Lipinski definition) is 4. The van der Waals surface area contributed by atoms with Crippen molar-refractivity contribution in [3.63, 3.8) is 0 Å². The number of ketones is 2. The Balaban J connectivity index is 1.27. The van der Waals surface area contributed by atoms with E-state index in [1.807, 2.05) is 0 Å². The maximum absolute atomic E-state index is 13.4. The molecule has 0 saturated heterocycles. The van der Waals surface area contributed by atoms with E-state index in [2.05, 4.69) is 41.7 Å². The number of rotatable bonds is 14. The summed E-state index contributed by atoms with van der Waals surface area (Å²) >= 11 is 31.5. The van der Waals surface area contributed by atoms with Gasteiger partial charge in [0.05, 0.1) is 20.8 Å². The summed E-state index contributed by atoms with van der Waals surface area (Å²) in [5.41, 5.74) is 3.34. The molecule has 5 aromatic rings. The number of nitrogens with one attached hydrogen (secondary N) is 4. The molecule has 2 unspecified atom stereocenters. The number of aryl methyl sites for hydroxylation is 1. The van der Waals surface area contributed by atoms with Crippen molar-refractivity contribution in [2.75, 3.05) is 21.3 Å². The van der Waals surface area contributed by atoms with Crippen molar-refractivity contribution >= 4 is 127 Å². The van der Waals surface area contributed by atoms with Crippen LogP contribution in [0.25, 0.3) is 0 Å². The van der Waals surface area contributed by atoms with Crippen molar-refractivity contribution in [1.29, 1.82) is 0 Å². The highest BCUT2D eigenvalue weighted by molar-refractivity contribution is 6.35. The standard InChI is InChI=1S/C43H35Cl5N8O6/c1-20-16-35(52-43(62)39(24(5)58)56-54-37-18-26(13-15-30(37)47)41(60)50-33-11-7-9-28(45)22(33)3)31(48)19-34(20)51-42(61)38(23(4)57)55-53-36-17-25(12-14-29(36)46)40(59)49-32-10-6-8-27(44)21(32)2/h6-19,38-39H,1-5H3,(H,49,59)(H,50,60)(H,51,61)(H,52,62)/b55-53+,56-54+. The van der Waals surface area contributed by atoms with Crippen LogP contribution in [0.15, 0.2) is 105 Å². The Morgan fingerprint density at radius 2 is 0.887 bits per heavy atom. The molecule has 5 aromatic carbocycles. The number of benzene rings is 5. The van der Waals surface area contributed by atoms with E-state index < -0.39 is 47.3 Å². The van der Waals surface area contributed by atoms with Gasteiger partial charge in [-0.3, -0.25) is 28.8 Å². The van der Waals surface area contributed by atoms with Gasteiger partial charge in [0.1, 0.15) is 11.4 Å². The maximum Gasteiger partial charge on any atom is 0.258 e. The number of halogens is 5. The van der Waals surface area contributed by atoms with Crippen LogP contribution in [0.5, 0.6) is 0 Å². The van der Waals surface area contributed by atoms with E-state index >= 15 is 0 Å². The second-order valence-electron chi connectivity index (χ2n) is 13.6. The monoisotopic (exact) mass is 934 g/mol. The van der Waals surface area contributed by atoms with E-state index in [1.165, 1.54) is 48.5 Å². The Morgan fingerprint density at radius 1 is 0.468 bits per heavy atom. The van der Waals surface area contributed by atoms with Gasteiger partial charge in [0, 0.05) is 38.2 Å². The number of amides is 4. The zero-order valence-corrected chi connectivity index (χ0v) is 37.1. The third-order valence-corrected chi connectivity index (χ3v) is 10.9. The predicted octanol–water partition coefficient (Wildman–Crippen LogP) is 11.7. The average molecular weight is 937 g/mol. The molecule has 19 heteroatoms. The summed E-state index contributed by atoms with van der Waals surface area (Å²) in [4.78, 5) is 77.9. The number of azo groups is 2.